The number of esters is 1. The average molecular weight is 783 g/mol. The first kappa shape index (κ1) is 39.0. The molecule has 2 aromatic carbocycles. The van der Waals surface area contributed by atoms with Gasteiger partial charge < -0.3 is 40.0 Å². The number of anilines is 1. The lowest BCUT2D eigenvalue weighted by Gasteiger charge is -2.35. The molecule has 1 amide bonds. The van der Waals surface area contributed by atoms with E-state index in [1.165, 1.54) is 46.9 Å². The molecule has 0 bridgehead atoms. The predicted octanol–water partition coefficient (Wildman–Crippen LogP) is 5.73. The van der Waals surface area contributed by atoms with Crippen LogP contribution >= 0.6 is 22.7 Å². The second-order valence-electron chi connectivity index (χ2n) is 13.1. The summed E-state index contributed by atoms with van der Waals surface area (Å²) in [6, 6.07) is 14.5. The number of aromatic amines is 1. The molecule has 286 valence electrons. The number of aromatic hydroxyl groups is 1. The first-order valence-electron chi connectivity index (χ1n) is 17.3. The fourth-order valence-corrected chi connectivity index (χ4v) is 8.28. The normalized spacial score (nSPS) is 16.7. The first-order valence-corrected chi connectivity index (χ1v) is 19.1. The number of phenols is 1. The molecule has 0 unspecified atom stereocenters. The highest BCUT2D eigenvalue weighted by molar-refractivity contribution is 7.12. The Kier molecular flexibility index (Phi) is 12.4. The first-order chi connectivity index (χ1) is 25.9. The molecule has 0 aliphatic heterocycles. The molecule has 5 aromatic rings. The van der Waals surface area contributed by atoms with E-state index in [0.29, 0.717) is 40.1 Å². The van der Waals surface area contributed by atoms with Crippen LogP contribution in [0.5, 0.6) is 5.75 Å². The number of nitrogens with zero attached hydrogens (tertiary/aromatic N) is 1. The molecule has 0 radical (unpaired) electrons. The molecule has 0 saturated heterocycles. The summed E-state index contributed by atoms with van der Waals surface area (Å²) in [5.41, 5.74) is -2.10. The molecule has 1 fully saturated rings. The number of amides is 1. The van der Waals surface area contributed by atoms with Gasteiger partial charge in [-0.2, -0.15) is 0 Å². The van der Waals surface area contributed by atoms with Crippen molar-refractivity contribution in [3.05, 3.63) is 114 Å². The molecule has 1 aliphatic carbocycles. The Morgan fingerprint density at radius 1 is 1.02 bits per heavy atom. The number of aromatic nitrogens is 1. The third kappa shape index (κ3) is 8.80. The molecule has 3 heterocycles. The summed E-state index contributed by atoms with van der Waals surface area (Å²) in [5, 5.41) is 41.4. The maximum Gasteiger partial charge on any atom is 0.411 e. The number of rotatable bonds is 14. The Hall–Kier alpha value is -4.71. The number of benzene rings is 2. The quantitative estimate of drug-likeness (QED) is 0.0765. The van der Waals surface area contributed by atoms with Crippen molar-refractivity contribution in [2.45, 2.75) is 56.1 Å². The zero-order valence-electron chi connectivity index (χ0n) is 29.2. The molecule has 1 saturated carbocycles. The number of H-pyrrole nitrogens is 1. The number of likely N-dealkylation sites (N-methyl/N-ethyl adjacent to an activating group) is 1. The van der Waals surface area contributed by atoms with E-state index in [0.717, 1.165) is 25.0 Å². The van der Waals surface area contributed by atoms with Crippen LogP contribution in [0.4, 0.5) is 19.3 Å². The number of phenolic OH excluding ortho intramolecular Hbond substituents is 1. The van der Waals surface area contributed by atoms with E-state index < -0.39 is 46.6 Å². The number of halogens is 2. The average Bonchev–Trinajstić information content (AvgIpc) is 3.90. The van der Waals surface area contributed by atoms with Gasteiger partial charge in [-0.15, -0.1) is 22.7 Å². The van der Waals surface area contributed by atoms with Crippen molar-refractivity contribution in [2.75, 3.05) is 32.1 Å². The molecule has 16 heteroatoms. The van der Waals surface area contributed by atoms with Crippen LogP contribution in [0.2, 0.25) is 0 Å². The highest BCUT2D eigenvalue weighted by Gasteiger charge is 2.45. The Morgan fingerprint density at radius 2 is 1.72 bits per heavy atom. The van der Waals surface area contributed by atoms with Gasteiger partial charge in [-0.1, -0.05) is 18.2 Å². The summed E-state index contributed by atoms with van der Waals surface area (Å²) in [7, 11) is 1.89. The number of carbonyl (C=O) groups is 2. The van der Waals surface area contributed by atoms with Crippen molar-refractivity contribution in [3.63, 3.8) is 0 Å². The van der Waals surface area contributed by atoms with Gasteiger partial charge in [0, 0.05) is 48.8 Å². The largest absolute Gasteiger partial charge is 0.506 e. The summed E-state index contributed by atoms with van der Waals surface area (Å²) in [4.78, 5) is 43.0. The van der Waals surface area contributed by atoms with Crippen molar-refractivity contribution in [2.24, 2.45) is 0 Å². The number of hydrogen-bond acceptors (Lipinski definition) is 12. The fourth-order valence-electron chi connectivity index (χ4n) is 6.57. The number of aliphatic hydroxyl groups is 2. The van der Waals surface area contributed by atoms with Crippen molar-refractivity contribution in [1.82, 2.24) is 15.2 Å². The molecule has 0 spiro atoms. The maximum absolute atomic E-state index is 14.9. The molecular formula is C38H40F2N4O8S2. The third-order valence-electron chi connectivity index (χ3n) is 9.56. The maximum atomic E-state index is 14.9. The third-order valence-corrected chi connectivity index (χ3v) is 11.5. The zero-order valence-corrected chi connectivity index (χ0v) is 30.9. The van der Waals surface area contributed by atoms with Gasteiger partial charge in [-0.3, -0.25) is 10.1 Å². The Labute approximate surface area is 317 Å². The molecular weight excluding hydrogens is 743 g/mol. The number of carbonyl (C=O) groups excluding carboxylic acids is 2. The van der Waals surface area contributed by atoms with E-state index in [1.54, 1.807) is 35.0 Å². The van der Waals surface area contributed by atoms with E-state index in [1.807, 2.05) is 11.9 Å². The second-order valence-corrected chi connectivity index (χ2v) is 15.0. The van der Waals surface area contributed by atoms with Crippen molar-refractivity contribution >= 4 is 51.3 Å². The number of aliphatic hydroxyl groups excluding tert-OH is 1. The van der Waals surface area contributed by atoms with E-state index in [2.05, 4.69) is 15.6 Å². The van der Waals surface area contributed by atoms with Crippen LogP contribution in [-0.4, -0.2) is 76.2 Å². The number of hydrogen-bond donors (Lipinski definition) is 6. The molecule has 1 aliphatic rings. The van der Waals surface area contributed by atoms with Gasteiger partial charge in [0.05, 0.1) is 27.1 Å². The predicted molar refractivity (Wildman–Crippen MR) is 201 cm³/mol. The van der Waals surface area contributed by atoms with Crippen LogP contribution in [0.1, 0.15) is 52.7 Å². The van der Waals surface area contributed by atoms with E-state index in [4.69, 9.17) is 9.47 Å². The molecule has 3 aromatic heterocycles. The van der Waals surface area contributed by atoms with Crippen LogP contribution < -0.4 is 16.2 Å². The number of thiophene rings is 2. The summed E-state index contributed by atoms with van der Waals surface area (Å²) >= 11 is 2.58. The van der Waals surface area contributed by atoms with Crippen LogP contribution in [0.25, 0.3) is 10.9 Å². The minimum absolute atomic E-state index is 0.00720. The Balaban J connectivity index is 0.924. The van der Waals surface area contributed by atoms with Gasteiger partial charge in [-0.25, -0.2) is 18.4 Å². The fraction of sp³-hybridized carbons (Fsp3) is 0.342. The second kappa shape index (κ2) is 17.2. The van der Waals surface area contributed by atoms with Gasteiger partial charge in [0.25, 0.3) is 0 Å². The summed E-state index contributed by atoms with van der Waals surface area (Å²) in [6.45, 7) is 0.184. The van der Waals surface area contributed by atoms with Gasteiger partial charge in [-0.05, 0) is 79.4 Å². The van der Waals surface area contributed by atoms with Gasteiger partial charge in [0.15, 0.2) is 0 Å². The van der Waals surface area contributed by atoms with Crippen molar-refractivity contribution in [3.8, 4) is 5.75 Å². The van der Waals surface area contributed by atoms with Crippen LogP contribution in [0.15, 0.2) is 76.2 Å². The van der Waals surface area contributed by atoms with Crippen molar-refractivity contribution < 1.29 is 43.2 Å². The lowest BCUT2D eigenvalue weighted by molar-refractivity contribution is -0.169. The minimum atomic E-state index is -1.86. The van der Waals surface area contributed by atoms with E-state index >= 15 is 0 Å². The van der Waals surface area contributed by atoms with E-state index in [-0.39, 0.29) is 48.7 Å². The molecule has 54 heavy (non-hydrogen) atoms. The standard InChI is InChI=1S/C38H40F2N4O8S2/c1-44(23-6-8-24(9-7-23)52-36(48)38(50,32-4-2-16-53-32)33-5-3-17-54-33)14-15-51-37(49)42-29-19-27(39)22(18-28(29)40)20-41-21-31(46)25-10-12-30(45)35-26(25)11-13-34(47)43-35/h2-5,10-13,16-19,23-24,31,41,45-46,50H,6-9,14-15,20-21H2,1H3,(H,42,49)(H,43,47)/t23?,24?,31-/m1/s1. The summed E-state index contributed by atoms with van der Waals surface area (Å²) in [5.74, 6) is -2.51. The molecule has 6 N–H and O–H groups in total. The van der Waals surface area contributed by atoms with Crippen LogP contribution in [-0.2, 0) is 26.4 Å². The van der Waals surface area contributed by atoms with Crippen LogP contribution in [0.3, 0.4) is 0 Å². The summed E-state index contributed by atoms with van der Waals surface area (Å²) in [6.07, 6.45) is 0.251. The SMILES string of the molecule is CN(CCOC(=O)Nc1cc(F)c(CNC[C@@H](O)c2ccc(O)c3[nH]c(=O)ccc23)cc1F)C1CCC(OC(=O)C(O)(c2cccs2)c2cccs2)CC1. The smallest absolute Gasteiger partial charge is 0.411 e. The Morgan fingerprint density at radius 3 is 2.39 bits per heavy atom. The molecule has 12 nitrogen and oxygen atoms in total. The van der Waals surface area contributed by atoms with Gasteiger partial charge >= 0.3 is 12.1 Å². The Bertz CT molecular complexity index is 2090. The number of pyridine rings is 1. The number of fused-ring (bicyclic) bond motifs is 1. The van der Waals surface area contributed by atoms with Gasteiger partial charge in [0.1, 0.15) is 30.1 Å². The van der Waals surface area contributed by atoms with E-state index in [9.17, 15) is 38.5 Å². The lowest BCUT2D eigenvalue weighted by Crippen LogP contribution is -2.42. The van der Waals surface area contributed by atoms with Gasteiger partial charge in [0.2, 0.25) is 11.2 Å². The number of ether oxygens (including phenoxy) is 2. The minimum Gasteiger partial charge on any atom is -0.506 e. The monoisotopic (exact) mass is 782 g/mol. The lowest BCUT2D eigenvalue weighted by atomic mass is 9.91. The highest BCUT2D eigenvalue weighted by Crippen LogP contribution is 2.38. The topological polar surface area (TPSA) is 173 Å². The van der Waals surface area contributed by atoms with Crippen molar-refractivity contribution in [1.29, 1.82) is 0 Å². The number of nitrogens with one attached hydrogen (secondary N) is 3. The molecule has 6 rings (SSSR count). The summed E-state index contributed by atoms with van der Waals surface area (Å²) < 4.78 is 40.9. The zero-order chi connectivity index (χ0) is 38.4. The molecule has 1 atom stereocenters. The van der Waals surface area contributed by atoms with Crippen LogP contribution in [0, 0.1) is 11.6 Å². The highest BCUT2D eigenvalue weighted by atomic mass is 32.1.